The maximum absolute atomic E-state index is 12.0. The van der Waals surface area contributed by atoms with Gasteiger partial charge >= 0.3 is 6.18 Å². The van der Waals surface area contributed by atoms with Gasteiger partial charge in [0.2, 0.25) is 0 Å². The quantitative estimate of drug-likeness (QED) is 0.672. The predicted octanol–water partition coefficient (Wildman–Crippen LogP) is 0.981. The Bertz CT molecular complexity index is 161. The number of hydrogen-bond donors (Lipinski definition) is 2. The van der Waals surface area contributed by atoms with Gasteiger partial charge in [-0.15, -0.1) is 0 Å². The molecule has 0 radical (unpaired) electrons. The van der Waals surface area contributed by atoms with Crippen molar-refractivity contribution in [2.75, 3.05) is 12.7 Å². The summed E-state index contributed by atoms with van der Waals surface area (Å²) < 4.78 is 46.1. The van der Waals surface area contributed by atoms with Gasteiger partial charge in [-0.25, -0.2) is 0 Å². The van der Waals surface area contributed by atoms with E-state index in [0.29, 0.717) is 0 Å². The van der Waals surface area contributed by atoms with Crippen LogP contribution in [0.15, 0.2) is 0 Å². The summed E-state index contributed by atoms with van der Waals surface area (Å²) in [5.41, 5.74) is 4.93. The number of halogens is 3. The molecular weight excluding hydrogens is 194 g/mol. The molecule has 0 bridgehead atoms. The zero-order chi connectivity index (χ0) is 9.78. The van der Waals surface area contributed by atoms with Crippen LogP contribution in [0.4, 0.5) is 13.2 Å². The van der Waals surface area contributed by atoms with E-state index in [9.17, 15) is 17.7 Å². The Hall–Kier alpha value is -0.0600. The Morgan fingerprint density at radius 2 is 2.00 bits per heavy atom. The lowest BCUT2D eigenvalue weighted by Gasteiger charge is -2.17. The molecule has 12 heavy (non-hydrogen) atoms. The molecule has 0 amide bonds. The van der Waals surface area contributed by atoms with Crippen molar-refractivity contribution >= 4 is 8.03 Å². The summed E-state index contributed by atoms with van der Waals surface area (Å²) in [6.07, 6.45) is -5.42. The molecule has 0 aliphatic rings. The Balaban J connectivity index is 4.13. The third kappa shape index (κ3) is 4.74. The highest BCUT2D eigenvalue weighted by Crippen LogP contribution is 2.34. The highest BCUT2D eigenvalue weighted by atomic mass is 31.1. The molecule has 2 unspecified atom stereocenters. The van der Waals surface area contributed by atoms with Crippen molar-refractivity contribution in [3.8, 4) is 0 Å². The summed E-state index contributed by atoms with van der Waals surface area (Å²) in [6, 6.07) is 0. The van der Waals surface area contributed by atoms with Crippen molar-refractivity contribution in [1.82, 2.24) is 0 Å². The van der Waals surface area contributed by atoms with Crippen LogP contribution in [-0.2, 0) is 4.57 Å². The lowest BCUT2D eigenvalue weighted by atomic mass is 10.1. The van der Waals surface area contributed by atoms with Gasteiger partial charge in [0, 0.05) is 6.16 Å². The molecule has 74 valence electrons. The second-order valence-electron chi connectivity index (χ2n) is 2.41. The lowest BCUT2D eigenvalue weighted by molar-refractivity contribution is -0.169. The van der Waals surface area contributed by atoms with E-state index in [4.69, 9.17) is 10.6 Å². The molecule has 0 aliphatic carbocycles. The fraction of sp³-hybridized carbons (Fsp3) is 1.00. The van der Waals surface area contributed by atoms with E-state index in [1.165, 1.54) is 0 Å². The zero-order valence-electron chi connectivity index (χ0n) is 6.27. The van der Waals surface area contributed by atoms with Crippen LogP contribution < -0.4 is 5.73 Å². The van der Waals surface area contributed by atoms with E-state index in [1.807, 2.05) is 0 Å². The van der Waals surface area contributed by atoms with E-state index >= 15 is 0 Å². The smallest absolute Gasteiger partial charge is 0.346 e. The first-order chi connectivity index (χ1) is 5.38. The molecule has 0 heterocycles. The average molecular weight is 205 g/mol. The van der Waals surface area contributed by atoms with Crippen LogP contribution in [-0.4, -0.2) is 23.8 Å². The maximum Gasteiger partial charge on any atom is 0.392 e. The van der Waals surface area contributed by atoms with E-state index in [2.05, 4.69) is 0 Å². The highest BCUT2D eigenvalue weighted by Gasteiger charge is 2.39. The van der Waals surface area contributed by atoms with Crippen molar-refractivity contribution in [2.45, 2.75) is 12.6 Å². The monoisotopic (exact) mass is 205 g/mol. The Morgan fingerprint density at radius 1 is 1.50 bits per heavy atom. The van der Waals surface area contributed by atoms with Crippen LogP contribution in [0.2, 0.25) is 0 Å². The van der Waals surface area contributed by atoms with Gasteiger partial charge in [-0.3, -0.25) is 4.57 Å². The number of nitrogens with two attached hydrogens (primary N) is 1. The van der Waals surface area contributed by atoms with E-state index in [-0.39, 0.29) is 13.0 Å². The summed E-state index contributed by atoms with van der Waals surface area (Å²) in [5.74, 6) is -1.74. The Labute approximate surface area is 68.6 Å². The first-order valence-electron chi connectivity index (χ1n) is 3.36. The summed E-state index contributed by atoms with van der Waals surface area (Å²) in [6.45, 7) is -0.126. The van der Waals surface area contributed by atoms with Gasteiger partial charge in [-0.2, -0.15) is 13.2 Å². The van der Waals surface area contributed by atoms with Gasteiger partial charge < -0.3 is 10.6 Å². The van der Waals surface area contributed by atoms with Crippen LogP contribution in [0.5, 0.6) is 0 Å². The number of hydrogen-bond acceptors (Lipinski definition) is 2. The van der Waals surface area contributed by atoms with Crippen LogP contribution in [0.3, 0.4) is 0 Å². The predicted molar refractivity (Wildman–Crippen MR) is 39.3 cm³/mol. The van der Waals surface area contributed by atoms with Crippen molar-refractivity contribution in [1.29, 1.82) is 0 Å². The molecule has 0 fully saturated rings. The SMILES string of the molecule is NCCC(C[PH](=O)O)C(F)(F)F. The van der Waals surface area contributed by atoms with Gasteiger partial charge in [0.25, 0.3) is 0 Å². The second kappa shape index (κ2) is 4.84. The molecule has 2 atom stereocenters. The van der Waals surface area contributed by atoms with Crippen LogP contribution in [0, 0.1) is 5.92 Å². The normalized spacial score (nSPS) is 17.4. The molecule has 0 aromatic carbocycles. The fourth-order valence-corrected chi connectivity index (χ4v) is 1.65. The molecule has 3 N–H and O–H groups in total. The topological polar surface area (TPSA) is 63.3 Å². The minimum absolute atomic E-state index is 0.126. The van der Waals surface area contributed by atoms with Crippen molar-refractivity contribution in [2.24, 2.45) is 11.7 Å². The second-order valence-corrected chi connectivity index (χ2v) is 3.61. The van der Waals surface area contributed by atoms with Crippen molar-refractivity contribution in [3.63, 3.8) is 0 Å². The molecule has 0 saturated carbocycles. The van der Waals surface area contributed by atoms with E-state index < -0.39 is 26.3 Å². The van der Waals surface area contributed by atoms with Crippen LogP contribution >= 0.6 is 8.03 Å². The third-order valence-corrected chi connectivity index (χ3v) is 2.24. The molecule has 3 nitrogen and oxygen atoms in total. The Kier molecular flexibility index (Phi) is 4.82. The van der Waals surface area contributed by atoms with Gasteiger partial charge in [-0.05, 0) is 13.0 Å². The molecule has 7 heteroatoms. The number of rotatable bonds is 4. The van der Waals surface area contributed by atoms with Crippen molar-refractivity contribution in [3.05, 3.63) is 0 Å². The first kappa shape index (κ1) is 11.9. The highest BCUT2D eigenvalue weighted by molar-refractivity contribution is 7.38. The molecule has 0 aliphatic heterocycles. The van der Waals surface area contributed by atoms with Crippen molar-refractivity contribution < 1.29 is 22.6 Å². The largest absolute Gasteiger partial charge is 0.392 e. The average Bonchev–Trinajstić information content (AvgIpc) is 1.83. The van der Waals surface area contributed by atoms with Gasteiger partial charge in [-0.1, -0.05) is 0 Å². The lowest BCUT2D eigenvalue weighted by Crippen LogP contribution is -2.27. The zero-order valence-corrected chi connectivity index (χ0v) is 7.27. The summed E-state index contributed by atoms with van der Waals surface area (Å²) in [4.78, 5) is 8.32. The molecule has 0 saturated heterocycles. The molecule has 0 aromatic rings. The minimum atomic E-state index is -4.41. The van der Waals surface area contributed by atoms with E-state index in [0.717, 1.165) is 0 Å². The fourth-order valence-electron chi connectivity index (χ4n) is 0.793. The summed E-state index contributed by atoms with van der Waals surface area (Å²) in [7, 11) is -3.06. The summed E-state index contributed by atoms with van der Waals surface area (Å²) in [5, 5.41) is 0. The van der Waals surface area contributed by atoms with E-state index in [1.54, 1.807) is 0 Å². The van der Waals surface area contributed by atoms with Gasteiger partial charge in [0.1, 0.15) is 0 Å². The molecule has 0 rings (SSSR count). The Morgan fingerprint density at radius 3 is 2.25 bits per heavy atom. The maximum atomic E-state index is 12.0. The minimum Gasteiger partial charge on any atom is -0.346 e. The van der Waals surface area contributed by atoms with Gasteiger partial charge in [0.15, 0.2) is 8.03 Å². The van der Waals surface area contributed by atoms with Crippen LogP contribution in [0.25, 0.3) is 0 Å². The third-order valence-electron chi connectivity index (χ3n) is 1.40. The molecule has 0 aromatic heterocycles. The number of alkyl halides is 3. The summed E-state index contributed by atoms with van der Waals surface area (Å²) >= 11 is 0. The standard InChI is InChI=1S/C5H11F3NO2P/c6-5(7,8)4(1-2-9)3-12(10)11/h4,12H,1-3,9H2,(H,10,11). The first-order valence-corrected chi connectivity index (χ1v) is 4.92. The van der Waals surface area contributed by atoms with Crippen LogP contribution in [0.1, 0.15) is 6.42 Å². The molecular formula is C5H11F3NO2P. The van der Waals surface area contributed by atoms with Gasteiger partial charge in [0.05, 0.1) is 5.92 Å². The molecule has 0 spiro atoms.